The molecule has 0 spiro atoms. The van der Waals surface area contributed by atoms with E-state index < -0.39 is 23.4 Å². The summed E-state index contributed by atoms with van der Waals surface area (Å²) in [6, 6.07) is 0. The number of aromatic nitrogens is 2. The van der Waals surface area contributed by atoms with Crippen molar-refractivity contribution in [3.63, 3.8) is 0 Å². The first-order valence-electron chi connectivity index (χ1n) is 8.72. The summed E-state index contributed by atoms with van der Waals surface area (Å²) in [5.74, 6) is 0.0482. The molecule has 0 saturated carbocycles. The maximum Gasteiger partial charge on any atom is 0.425 e. The van der Waals surface area contributed by atoms with E-state index in [1.807, 2.05) is 6.92 Å². The number of ether oxygens (including phenoxy) is 3. The van der Waals surface area contributed by atoms with Gasteiger partial charge in [0.15, 0.2) is 5.82 Å². The summed E-state index contributed by atoms with van der Waals surface area (Å²) < 4.78 is 15.8. The molecule has 1 aromatic rings. The third kappa shape index (κ3) is 7.64. The predicted octanol–water partition coefficient (Wildman–Crippen LogP) is 4.47. The lowest BCUT2D eigenvalue weighted by Gasteiger charge is -2.28. The van der Waals surface area contributed by atoms with Crippen LogP contribution in [0.15, 0.2) is 12.5 Å². The van der Waals surface area contributed by atoms with E-state index in [2.05, 4.69) is 9.97 Å². The van der Waals surface area contributed by atoms with Crippen molar-refractivity contribution < 1.29 is 23.8 Å². The fraction of sp³-hybridized carbons (Fsp3) is 0.579. The molecule has 0 aromatic carbocycles. The second-order valence-corrected chi connectivity index (χ2v) is 7.76. The number of anilines is 1. The first-order chi connectivity index (χ1) is 12.3. The molecule has 150 valence electrons. The van der Waals surface area contributed by atoms with Crippen LogP contribution in [0.5, 0.6) is 0 Å². The van der Waals surface area contributed by atoms with Crippen molar-refractivity contribution in [2.75, 3.05) is 11.5 Å². The standard InChI is InChI=1S/C19H29N3O5/c1-9-25-11-10-14-12-20-15(13(2)21-14)22(16(23)26-18(3,4)5)17(24)27-19(6,7)8/h10-12H,9H2,1-8H3/b11-10+. The zero-order valence-electron chi connectivity index (χ0n) is 17.3. The van der Waals surface area contributed by atoms with Crippen molar-refractivity contribution in [1.29, 1.82) is 0 Å². The summed E-state index contributed by atoms with van der Waals surface area (Å²) in [5, 5.41) is 0. The number of carbonyl (C=O) groups is 2. The van der Waals surface area contributed by atoms with Crippen LogP contribution in [-0.4, -0.2) is 40.0 Å². The Labute approximate surface area is 160 Å². The first kappa shape index (κ1) is 22.4. The Morgan fingerprint density at radius 3 is 2.00 bits per heavy atom. The van der Waals surface area contributed by atoms with Gasteiger partial charge in [0.05, 0.1) is 30.5 Å². The summed E-state index contributed by atoms with van der Waals surface area (Å²) in [4.78, 5) is 34.6. The Kier molecular flexibility index (Phi) is 7.33. The quantitative estimate of drug-likeness (QED) is 0.713. The first-order valence-corrected chi connectivity index (χ1v) is 8.72. The lowest BCUT2D eigenvalue weighted by atomic mass is 10.2. The van der Waals surface area contributed by atoms with Crippen molar-refractivity contribution in [1.82, 2.24) is 9.97 Å². The van der Waals surface area contributed by atoms with Crippen molar-refractivity contribution >= 4 is 24.1 Å². The molecule has 0 bridgehead atoms. The zero-order chi connectivity index (χ0) is 20.8. The molecule has 2 amide bonds. The van der Waals surface area contributed by atoms with Gasteiger partial charge in [-0.1, -0.05) is 0 Å². The fourth-order valence-electron chi connectivity index (χ4n) is 1.87. The Bertz CT molecular complexity index is 674. The third-order valence-electron chi connectivity index (χ3n) is 2.81. The van der Waals surface area contributed by atoms with Crippen molar-refractivity contribution in [3.05, 3.63) is 23.8 Å². The molecule has 8 heteroatoms. The molecule has 0 N–H and O–H groups in total. The van der Waals surface area contributed by atoms with Gasteiger partial charge in [0.25, 0.3) is 0 Å². The fourth-order valence-corrected chi connectivity index (χ4v) is 1.87. The molecule has 8 nitrogen and oxygen atoms in total. The van der Waals surface area contributed by atoms with E-state index in [1.165, 1.54) is 12.5 Å². The van der Waals surface area contributed by atoms with Gasteiger partial charge in [-0.15, -0.1) is 0 Å². The van der Waals surface area contributed by atoms with Crippen molar-refractivity contribution in [2.24, 2.45) is 0 Å². The highest BCUT2D eigenvalue weighted by molar-refractivity contribution is 6.09. The van der Waals surface area contributed by atoms with Gasteiger partial charge in [-0.05, 0) is 61.5 Å². The molecule has 0 fully saturated rings. The van der Waals surface area contributed by atoms with Gasteiger partial charge in [0.2, 0.25) is 0 Å². The molecule has 27 heavy (non-hydrogen) atoms. The summed E-state index contributed by atoms with van der Waals surface area (Å²) in [6.45, 7) is 14.3. The van der Waals surface area contributed by atoms with Crippen LogP contribution in [-0.2, 0) is 14.2 Å². The molecule has 0 aliphatic rings. The molecule has 0 unspecified atom stereocenters. The van der Waals surface area contributed by atoms with E-state index in [4.69, 9.17) is 14.2 Å². The molecule has 1 heterocycles. The number of nitrogens with zero attached hydrogens (tertiary/aromatic N) is 3. The molecule has 0 aliphatic heterocycles. The van der Waals surface area contributed by atoms with Gasteiger partial charge in [-0.25, -0.2) is 19.6 Å². The van der Waals surface area contributed by atoms with Crippen LogP contribution in [0.2, 0.25) is 0 Å². The highest BCUT2D eigenvalue weighted by Crippen LogP contribution is 2.22. The van der Waals surface area contributed by atoms with Gasteiger partial charge < -0.3 is 14.2 Å². The van der Waals surface area contributed by atoms with Crippen LogP contribution in [0, 0.1) is 6.92 Å². The van der Waals surface area contributed by atoms with Crippen molar-refractivity contribution in [3.8, 4) is 0 Å². The van der Waals surface area contributed by atoms with E-state index in [9.17, 15) is 9.59 Å². The molecule has 0 aliphatic carbocycles. The van der Waals surface area contributed by atoms with Gasteiger partial charge in [0, 0.05) is 0 Å². The number of hydrogen-bond acceptors (Lipinski definition) is 7. The topological polar surface area (TPSA) is 90.8 Å². The minimum Gasteiger partial charge on any atom is -0.501 e. The minimum atomic E-state index is -0.883. The molecule has 0 saturated heterocycles. The summed E-state index contributed by atoms with van der Waals surface area (Å²) in [5.41, 5.74) is -0.694. The highest BCUT2D eigenvalue weighted by atomic mass is 16.6. The van der Waals surface area contributed by atoms with Crippen LogP contribution in [0.25, 0.3) is 6.08 Å². The highest BCUT2D eigenvalue weighted by Gasteiger charge is 2.34. The second-order valence-electron chi connectivity index (χ2n) is 7.76. The average Bonchev–Trinajstić information content (AvgIpc) is 2.46. The second kappa shape index (κ2) is 8.83. The van der Waals surface area contributed by atoms with Crippen molar-refractivity contribution in [2.45, 2.75) is 66.6 Å². The number of hydrogen-bond donors (Lipinski definition) is 0. The minimum absolute atomic E-state index is 0.0482. The van der Waals surface area contributed by atoms with Gasteiger partial charge >= 0.3 is 12.2 Å². The molecular formula is C19H29N3O5. The Morgan fingerprint density at radius 2 is 1.59 bits per heavy atom. The molecule has 0 radical (unpaired) electrons. The molecule has 1 rings (SSSR count). The van der Waals surface area contributed by atoms with Crippen LogP contribution < -0.4 is 4.90 Å². The van der Waals surface area contributed by atoms with Crippen LogP contribution in [0.3, 0.4) is 0 Å². The predicted molar refractivity (Wildman–Crippen MR) is 102 cm³/mol. The SMILES string of the molecule is CCO/C=C/c1cnc(N(C(=O)OC(C)(C)C)C(=O)OC(C)(C)C)c(C)n1. The lowest BCUT2D eigenvalue weighted by molar-refractivity contribution is 0.0428. The molecule has 0 atom stereocenters. The Morgan fingerprint density at radius 1 is 1.07 bits per heavy atom. The maximum absolute atomic E-state index is 12.6. The number of carbonyl (C=O) groups excluding carboxylic acids is 2. The van der Waals surface area contributed by atoms with E-state index in [1.54, 1.807) is 54.5 Å². The summed E-state index contributed by atoms with van der Waals surface area (Å²) in [6.07, 6.45) is 2.80. The normalized spacial score (nSPS) is 12.0. The van der Waals surface area contributed by atoms with Gasteiger partial charge in [-0.3, -0.25) is 0 Å². The molecular weight excluding hydrogens is 350 g/mol. The largest absolute Gasteiger partial charge is 0.501 e. The smallest absolute Gasteiger partial charge is 0.425 e. The Hall–Kier alpha value is -2.64. The number of aryl methyl sites for hydroxylation is 1. The zero-order valence-corrected chi connectivity index (χ0v) is 17.3. The van der Waals surface area contributed by atoms with E-state index >= 15 is 0 Å². The maximum atomic E-state index is 12.6. The Balaban J connectivity index is 3.25. The van der Waals surface area contributed by atoms with Crippen LogP contribution in [0.1, 0.15) is 59.9 Å². The van der Waals surface area contributed by atoms with E-state index in [0.29, 0.717) is 18.0 Å². The monoisotopic (exact) mass is 379 g/mol. The molecule has 1 aromatic heterocycles. The van der Waals surface area contributed by atoms with Crippen LogP contribution in [0.4, 0.5) is 15.4 Å². The van der Waals surface area contributed by atoms with Gasteiger partial charge in [-0.2, -0.15) is 4.90 Å². The third-order valence-corrected chi connectivity index (χ3v) is 2.81. The van der Waals surface area contributed by atoms with E-state index in [-0.39, 0.29) is 5.82 Å². The average molecular weight is 379 g/mol. The summed E-state index contributed by atoms with van der Waals surface area (Å²) >= 11 is 0. The number of imide groups is 1. The number of rotatable bonds is 4. The van der Waals surface area contributed by atoms with Gasteiger partial charge in [0.1, 0.15) is 11.2 Å². The van der Waals surface area contributed by atoms with E-state index in [0.717, 1.165) is 4.90 Å². The summed E-state index contributed by atoms with van der Waals surface area (Å²) in [7, 11) is 0. The lowest BCUT2D eigenvalue weighted by Crippen LogP contribution is -2.44. The van der Waals surface area contributed by atoms with Crippen LogP contribution >= 0.6 is 0 Å². The number of amides is 2.